The molecule has 0 radical (unpaired) electrons. The van der Waals surface area contributed by atoms with Gasteiger partial charge >= 0.3 is 6.09 Å². The largest absolute Gasteiger partial charge is 0.429 e. The predicted octanol–water partition coefficient (Wildman–Crippen LogP) is 4.67. The zero-order valence-electron chi connectivity index (χ0n) is 22.4. The molecule has 1 saturated heterocycles. The van der Waals surface area contributed by atoms with Gasteiger partial charge in [-0.25, -0.2) is 14.2 Å². The summed E-state index contributed by atoms with van der Waals surface area (Å²) in [5.74, 6) is 0.656. The first-order chi connectivity index (χ1) is 18.3. The Hall–Kier alpha value is -3.27. The highest BCUT2D eigenvalue weighted by Crippen LogP contribution is 2.39. The fourth-order valence-corrected chi connectivity index (χ4v) is 4.67. The van der Waals surface area contributed by atoms with E-state index in [1.165, 1.54) is 4.90 Å². The van der Waals surface area contributed by atoms with Crippen LogP contribution < -0.4 is 5.73 Å². The van der Waals surface area contributed by atoms with Gasteiger partial charge in [-0.05, 0) is 11.0 Å². The highest BCUT2D eigenvalue weighted by atomic mass is 19.1. The van der Waals surface area contributed by atoms with Crippen LogP contribution in [0.3, 0.4) is 0 Å². The molecule has 204 valence electrons. The van der Waals surface area contributed by atoms with Crippen LogP contribution in [0.25, 0.3) is 11.3 Å². The third kappa shape index (κ3) is 6.98. The number of rotatable bonds is 9. The molecule has 2 aromatic carbocycles. The van der Waals surface area contributed by atoms with Crippen molar-refractivity contribution in [3.63, 3.8) is 0 Å². The molecule has 2 atom stereocenters. The summed E-state index contributed by atoms with van der Waals surface area (Å²) in [7, 11) is 0. The summed E-state index contributed by atoms with van der Waals surface area (Å²) in [5.41, 5.74) is 7.98. The Labute approximate surface area is 224 Å². The van der Waals surface area contributed by atoms with Crippen molar-refractivity contribution in [3.05, 3.63) is 78.2 Å². The van der Waals surface area contributed by atoms with Gasteiger partial charge in [0.2, 0.25) is 0 Å². The Bertz CT molecular complexity index is 1160. The summed E-state index contributed by atoms with van der Waals surface area (Å²) in [6, 6.07) is 19.4. The van der Waals surface area contributed by atoms with E-state index in [1.807, 2.05) is 75.5 Å². The van der Waals surface area contributed by atoms with Crippen LogP contribution in [0.5, 0.6) is 0 Å². The Morgan fingerprint density at radius 2 is 1.74 bits per heavy atom. The zero-order valence-corrected chi connectivity index (χ0v) is 22.4. The monoisotopic (exact) mass is 523 g/mol. The van der Waals surface area contributed by atoms with Crippen molar-refractivity contribution in [2.75, 3.05) is 39.4 Å². The second-order valence-electron chi connectivity index (χ2n) is 10.6. The van der Waals surface area contributed by atoms with Crippen molar-refractivity contribution < 1.29 is 18.8 Å². The number of carbonyl (C=O) groups excluding carboxylic acids is 1. The Balaban J connectivity index is 1.78. The molecule has 38 heavy (non-hydrogen) atoms. The molecule has 0 spiro atoms. The number of hydrogen-bond acceptors (Lipinski definition) is 6. The second-order valence-corrected chi connectivity index (χ2v) is 10.6. The van der Waals surface area contributed by atoms with Gasteiger partial charge in [0, 0.05) is 24.8 Å². The summed E-state index contributed by atoms with van der Waals surface area (Å²) < 4.78 is 22.3. The number of alkyl halides is 1. The van der Waals surface area contributed by atoms with Gasteiger partial charge in [-0.3, -0.25) is 4.90 Å². The van der Waals surface area contributed by atoms with E-state index in [-0.39, 0.29) is 13.1 Å². The molecule has 1 aliphatic heterocycles. The first-order valence-electron chi connectivity index (χ1n) is 13.1. The number of aromatic nitrogens is 2. The van der Waals surface area contributed by atoms with Crippen molar-refractivity contribution in [2.24, 2.45) is 11.1 Å². The number of benzene rings is 2. The maximum Gasteiger partial charge on any atom is 0.429 e. The van der Waals surface area contributed by atoms with Crippen molar-refractivity contribution in [1.29, 1.82) is 0 Å². The molecule has 1 amide bonds. The fourth-order valence-electron chi connectivity index (χ4n) is 4.67. The van der Waals surface area contributed by atoms with Crippen LogP contribution >= 0.6 is 0 Å². The number of imidazole rings is 1. The van der Waals surface area contributed by atoms with E-state index in [4.69, 9.17) is 20.3 Å². The van der Waals surface area contributed by atoms with E-state index >= 15 is 0 Å². The van der Waals surface area contributed by atoms with Gasteiger partial charge in [0.05, 0.1) is 44.6 Å². The van der Waals surface area contributed by atoms with Gasteiger partial charge in [-0.1, -0.05) is 81.4 Å². The molecular weight excluding hydrogens is 485 g/mol. The van der Waals surface area contributed by atoms with Crippen LogP contribution in [-0.2, 0) is 16.1 Å². The lowest BCUT2D eigenvalue weighted by Crippen LogP contribution is -2.49. The van der Waals surface area contributed by atoms with Crippen molar-refractivity contribution >= 4 is 6.09 Å². The van der Waals surface area contributed by atoms with Crippen molar-refractivity contribution in [1.82, 2.24) is 19.5 Å². The smallest absolute Gasteiger partial charge is 0.379 e. The minimum Gasteiger partial charge on any atom is -0.379 e. The standard InChI is InChI=1S/C29H38FN5O3/c1-29(2,3)26(35(20-24(30)18-31)28(36)38-34-14-16-37-17-15-34)27-32-25(23-12-8-5-9-13-23)21-33(27)19-22-10-6-4-7-11-22/h4-13,21,24,26H,14-20,31H2,1-3H3/t24?,26-/m0/s1. The molecule has 0 saturated carbocycles. The number of hydrogen-bond donors (Lipinski definition) is 1. The first-order valence-corrected chi connectivity index (χ1v) is 13.1. The van der Waals surface area contributed by atoms with Crippen molar-refractivity contribution in [3.8, 4) is 11.3 Å². The second kappa shape index (κ2) is 12.5. The predicted molar refractivity (Wildman–Crippen MR) is 145 cm³/mol. The van der Waals surface area contributed by atoms with E-state index in [2.05, 4.69) is 16.7 Å². The Morgan fingerprint density at radius 3 is 2.34 bits per heavy atom. The summed E-state index contributed by atoms with van der Waals surface area (Å²) in [4.78, 5) is 25.9. The third-order valence-electron chi connectivity index (χ3n) is 6.51. The number of amides is 1. The summed E-state index contributed by atoms with van der Waals surface area (Å²) in [6.45, 7) is 8.04. The van der Waals surface area contributed by atoms with Crippen LogP contribution in [0.2, 0.25) is 0 Å². The number of hydroxylamine groups is 2. The minimum atomic E-state index is -1.41. The molecule has 1 aliphatic rings. The normalized spacial score (nSPS) is 16.1. The molecular formula is C29H38FN5O3. The molecule has 4 rings (SSSR count). The number of halogens is 1. The van der Waals surface area contributed by atoms with E-state index < -0.39 is 23.7 Å². The lowest BCUT2D eigenvalue weighted by Gasteiger charge is -2.40. The number of morpholine rings is 1. The van der Waals surface area contributed by atoms with Crippen LogP contribution in [0.4, 0.5) is 9.18 Å². The van der Waals surface area contributed by atoms with E-state index in [0.29, 0.717) is 38.7 Å². The summed E-state index contributed by atoms with van der Waals surface area (Å²) in [5, 5.41) is 1.57. The molecule has 1 aromatic heterocycles. The molecule has 0 bridgehead atoms. The molecule has 8 nitrogen and oxygen atoms in total. The SMILES string of the molecule is CC(C)(C)[C@H](c1nc(-c2ccccc2)cn1Cc1ccccc1)N(CC(F)CN)C(=O)ON1CCOCC1. The van der Waals surface area contributed by atoms with Gasteiger partial charge in [0.1, 0.15) is 12.0 Å². The topological polar surface area (TPSA) is 85.9 Å². The van der Waals surface area contributed by atoms with Gasteiger partial charge in [0.15, 0.2) is 0 Å². The lowest BCUT2D eigenvalue weighted by molar-refractivity contribution is -0.159. The number of nitrogens with two attached hydrogens (primary N) is 1. The highest BCUT2D eigenvalue weighted by molar-refractivity contribution is 5.68. The lowest BCUT2D eigenvalue weighted by atomic mass is 9.84. The molecule has 3 aromatic rings. The maximum absolute atomic E-state index is 14.9. The van der Waals surface area contributed by atoms with Gasteiger partial charge < -0.3 is 19.9 Å². The third-order valence-corrected chi connectivity index (χ3v) is 6.51. The highest BCUT2D eigenvalue weighted by Gasteiger charge is 2.41. The Morgan fingerprint density at radius 1 is 1.11 bits per heavy atom. The minimum absolute atomic E-state index is 0.202. The zero-order chi connectivity index (χ0) is 27.1. The Kier molecular flexibility index (Phi) is 9.14. The van der Waals surface area contributed by atoms with Crippen LogP contribution in [-0.4, -0.2) is 71.2 Å². The molecule has 2 N–H and O–H groups in total. The van der Waals surface area contributed by atoms with Gasteiger partial charge in [-0.2, -0.15) is 0 Å². The summed E-state index contributed by atoms with van der Waals surface area (Å²) in [6.07, 6.45) is -0.0424. The van der Waals surface area contributed by atoms with Crippen LogP contribution in [0, 0.1) is 5.41 Å². The van der Waals surface area contributed by atoms with Crippen LogP contribution in [0.15, 0.2) is 66.9 Å². The van der Waals surface area contributed by atoms with E-state index in [0.717, 1.165) is 16.8 Å². The van der Waals surface area contributed by atoms with Gasteiger partial charge in [0.25, 0.3) is 0 Å². The quantitative estimate of drug-likeness (QED) is 0.439. The molecule has 1 unspecified atom stereocenters. The molecule has 9 heteroatoms. The number of carbonyl (C=O) groups is 1. The average molecular weight is 524 g/mol. The maximum atomic E-state index is 14.9. The number of ether oxygens (including phenoxy) is 1. The van der Waals surface area contributed by atoms with Crippen molar-refractivity contribution in [2.45, 2.75) is 39.5 Å². The van der Waals surface area contributed by atoms with Gasteiger partial charge in [-0.15, -0.1) is 5.06 Å². The summed E-state index contributed by atoms with van der Waals surface area (Å²) >= 11 is 0. The van der Waals surface area contributed by atoms with Crippen LogP contribution in [0.1, 0.15) is 38.2 Å². The molecule has 1 fully saturated rings. The molecule has 0 aliphatic carbocycles. The molecule has 2 heterocycles. The average Bonchev–Trinajstić information content (AvgIpc) is 3.32. The van der Waals surface area contributed by atoms with E-state index in [1.54, 1.807) is 5.06 Å². The van der Waals surface area contributed by atoms with E-state index in [9.17, 15) is 9.18 Å². The number of nitrogens with zero attached hydrogens (tertiary/aromatic N) is 4. The first kappa shape index (κ1) is 27.8. The fraction of sp³-hybridized carbons (Fsp3) is 0.448.